The summed E-state index contributed by atoms with van der Waals surface area (Å²) < 4.78 is 12.8. The van der Waals surface area contributed by atoms with Crippen molar-refractivity contribution < 1.29 is 29.6 Å². The minimum atomic E-state index is -0.912. The lowest BCUT2D eigenvalue weighted by molar-refractivity contribution is -0.218. The number of nitrogens with two attached hydrogens (primary N) is 1. The second-order valence-corrected chi connectivity index (χ2v) is 18.1. The number of carbonyl (C=O) groups is 1. The lowest BCUT2D eigenvalue weighted by atomic mass is 9.41. The Morgan fingerprint density at radius 2 is 1.60 bits per heavy atom. The summed E-state index contributed by atoms with van der Waals surface area (Å²) in [6.07, 6.45) is 6.74. The molecular weight excluding hydrogens is 530 g/mol. The number of fused-ring (bicyclic) bond motifs is 2. The van der Waals surface area contributed by atoms with Crippen LogP contribution in [0.1, 0.15) is 120 Å². The second kappa shape index (κ2) is 9.18. The molecule has 2 spiro atoms. The van der Waals surface area contributed by atoms with Crippen molar-refractivity contribution in [2.75, 3.05) is 0 Å². The normalized spacial score (nSPS) is 53.5. The van der Waals surface area contributed by atoms with Crippen molar-refractivity contribution in [3.05, 3.63) is 0 Å². The third-order valence-electron chi connectivity index (χ3n) is 15.0. The highest BCUT2D eigenvalue weighted by Crippen LogP contribution is 2.89. The van der Waals surface area contributed by atoms with E-state index in [4.69, 9.17) is 15.2 Å². The molecule has 13 unspecified atom stereocenters. The summed E-state index contributed by atoms with van der Waals surface area (Å²) in [5.74, 6) is 0.0783. The van der Waals surface area contributed by atoms with E-state index < -0.39 is 29.5 Å². The van der Waals surface area contributed by atoms with Gasteiger partial charge in [-0.1, -0.05) is 41.5 Å². The molecule has 1 saturated heterocycles. The van der Waals surface area contributed by atoms with Crippen molar-refractivity contribution in [1.82, 2.24) is 0 Å². The van der Waals surface area contributed by atoms with Crippen LogP contribution in [0.4, 0.5) is 0 Å². The van der Waals surface area contributed by atoms with Gasteiger partial charge >= 0.3 is 5.97 Å². The molecule has 6 aliphatic rings. The van der Waals surface area contributed by atoms with E-state index in [0.29, 0.717) is 5.92 Å². The SMILES string of the molecule is CC(C)C(N)C(=O)OC1CCC23CC24CCC2(C)C(C5(C)CCC(C(C)(C)O)O5)C(O)CC2(C)C4CC(O)C3C1(C)C. The number of aliphatic hydroxyl groups excluding tert-OH is 2. The van der Waals surface area contributed by atoms with Gasteiger partial charge in [0.25, 0.3) is 0 Å². The number of ether oxygens (including phenoxy) is 2. The maximum absolute atomic E-state index is 12.9. The average Bonchev–Trinajstić information content (AvgIpc) is 3.22. The minimum Gasteiger partial charge on any atom is -0.461 e. The van der Waals surface area contributed by atoms with Gasteiger partial charge < -0.3 is 30.5 Å². The highest BCUT2D eigenvalue weighted by atomic mass is 16.5. The number of carbonyl (C=O) groups excluding carboxylic acids is 1. The van der Waals surface area contributed by atoms with Gasteiger partial charge in [-0.3, -0.25) is 4.79 Å². The molecule has 5 aliphatic carbocycles. The molecule has 0 amide bonds. The Hall–Kier alpha value is -0.730. The van der Waals surface area contributed by atoms with Crippen LogP contribution in [0, 0.1) is 50.7 Å². The zero-order valence-corrected chi connectivity index (χ0v) is 27.7. The van der Waals surface area contributed by atoms with Crippen LogP contribution in [-0.4, -0.2) is 62.9 Å². The van der Waals surface area contributed by atoms with E-state index in [1.165, 1.54) is 0 Å². The molecule has 13 atom stereocenters. The Labute approximate surface area is 253 Å². The highest BCUT2D eigenvalue weighted by Gasteiger charge is 2.85. The number of rotatable bonds is 5. The fraction of sp³-hybridized carbons (Fsp3) is 0.971. The summed E-state index contributed by atoms with van der Waals surface area (Å²) in [7, 11) is 0. The Morgan fingerprint density at radius 3 is 2.19 bits per heavy atom. The van der Waals surface area contributed by atoms with Crippen molar-refractivity contribution in [3.8, 4) is 0 Å². The fourth-order valence-electron chi connectivity index (χ4n) is 12.8. The Kier molecular flexibility index (Phi) is 6.83. The standard InChI is InChI=1S/C35H59NO6/c1-19(2)25(36)28(39)41-23-11-13-35-18-34(35)15-14-31(7)27(33(9)12-10-24(42-33)30(5,6)40)21(38)17-32(31,8)22(34)16-20(37)26(35)29(23,3)4/h19-27,37-38,40H,10-18,36H2,1-9H3. The largest absolute Gasteiger partial charge is 0.461 e. The molecule has 7 nitrogen and oxygen atoms in total. The lowest BCUT2D eigenvalue weighted by Gasteiger charge is -2.64. The van der Waals surface area contributed by atoms with Gasteiger partial charge in [-0.2, -0.15) is 0 Å². The molecule has 1 heterocycles. The van der Waals surface area contributed by atoms with Crippen molar-refractivity contribution >= 4 is 5.97 Å². The molecule has 0 aromatic carbocycles. The first kappa shape index (κ1) is 31.3. The van der Waals surface area contributed by atoms with Crippen LogP contribution in [0.3, 0.4) is 0 Å². The van der Waals surface area contributed by atoms with E-state index in [1.54, 1.807) is 0 Å². The second-order valence-electron chi connectivity index (χ2n) is 18.1. The fourth-order valence-corrected chi connectivity index (χ4v) is 12.8. The van der Waals surface area contributed by atoms with E-state index in [1.807, 2.05) is 27.7 Å². The number of hydrogen-bond donors (Lipinski definition) is 4. The first-order valence-electron chi connectivity index (χ1n) is 16.9. The zero-order valence-electron chi connectivity index (χ0n) is 27.7. The van der Waals surface area contributed by atoms with Crippen LogP contribution in [-0.2, 0) is 14.3 Å². The summed E-state index contributed by atoms with van der Waals surface area (Å²) in [4.78, 5) is 12.9. The Bertz CT molecular complexity index is 1120. The van der Waals surface area contributed by atoms with Gasteiger partial charge in [0.2, 0.25) is 0 Å². The monoisotopic (exact) mass is 589 g/mol. The first-order valence-corrected chi connectivity index (χ1v) is 16.9. The van der Waals surface area contributed by atoms with E-state index in [0.717, 1.165) is 57.8 Å². The molecule has 0 radical (unpaired) electrons. The van der Waals surface area contributed by atoms with Crippen molar-refractivity contribution in [2.45, 2.75) is 162 Å². The van der Waals surface area contributed by atoms with Crippen LogP contribution in [0.5, 0.6) is 0 Å². The molecule has 6 fully saturated rings. The van der Waals surface area contributed by atoms with Crippen LogP contribution < -0.4 is 5.73 Å². The van der Waals surface area contributed by atoms with Crippen LogP contribution in [0.25, 0.3) is 0 Å². The highest BCUT2D eigenvalue weighted by molar-refractivity contribution is 5.76. The van der Waals surface area contributed by atoms with Gasteiger partial charge in [-0.15, -0.1) is 0 Å². The summed E-state index contributed by atoms with van der Waals surface area (Å²) in [5.41, 5.74) is 4.37. The van der Waals surface area contributed by atoms with Crippen molar-refractivity contribution in [3.63, 3.8) is 0 Å². The molecule has 0 aromatic rings. The van der Waals surface area contributed by atoms with Gasteiger partial charge in [0, 0.05) is 11.3 Å². The van der Waals surface area contributed by atoms with Crippen molar-refractivity contribution in [2.24, 2.45) is 56.5 Å². The van der Waals surface area contributed by atoms with Crippen molar-refractivity contribution in [1.29, 1.82) is 0 Å². The number of hydrogen-bond acceptors (Lipinski definition) is 7. The summed E-state index contributed by atoms with van der Waals surface area (Å²) in [6.45, 7) is 18.9. The first-order chi connectivity index (χ1) is 19.2. The smallest absolute Gasteiger partial charge is 0.323 e. The lowest BCUT2D eigenvalue weighted by Crippen LogP contribution is -2.62. The molecule has 7 heteroatoms. The van der Waals surface area contributed by atoms with Gasteiger partial charge in [-0.05, 0) is 118 Å². The molecule has 5 saturated carbocycles. The van der Waals surface area contributed by atoms with E-state index in [2.05, 4.69) is 34.6 Å². The Balaban J connectivity index is 1.29. The van der Waals surface area contributed by atoms with Crippen LogP contribution in [0.15, 0.2) is 0 Å². The van der Waals surface area contributed by atoms with E-state index in [9.17, 15) is 20.1 Å². The van der Waals surface area contributed by atoms with Gasteiger partial charge in [0.1, 0.15) is 12.1 Å². The van der Waals surface area contributed by atoms with Gasteiger partial charge in [0.05, 0.1) is 29.5 Å². The molecule has 0 bridgehead atoms. The summed E-state index contributed by atoms with van der Waals surface area (Å²) >= 11 is 0. The predicted molar refractivity (Wildman–Crippen MR) is 161 cm³/mol. The minimum absolute atomic E-state index is 0.0129. The third kappa shape index (κ3) is 3.85. The predicted octanol–water partition coefficient (Wildman–Crippen LogP) is 4.97. The summed E-state index contributed by atoms with van der Waals surface area (Å²) in [5, 5.41) is 34.7. The van der Waals surface area contributed by atoms with Gasteiger partial charge in [0.15, 0.2) is 0 Å². The Morgan fingerprint density at radius 1 is 0.929 bits per heavy atom. The maximum Gasteiger partial charge on any atom is 0.323 e. The number of esters is 1. The van der Waals surface area contributed by atoms with Crippen LogP contribution in [0.2, 0.25) is 0 Å². The zero-order chi connectivity index (χ0) is 31.1. The van der Waals surface area contributed by atoms with E-state index >= 15 is 0 Å². The molecule has 6 rings (SSSR count). The molecular formula is C35H59NO6. The molecule has 0 aromatic heterocycles. The van der Waals surface area contributed by atoms with E-state index in [-0.39, 0.29) is 63.0 Å². The third-order valence-corrected chi connectivity index (χ3v) is 15.0. The molecule has 5 N–H and O–H groups in total. The average molecular weight is 590 g/mol. The molecule has 42 heavy (non-hydrogen) atoms. The maximum atomic E-state index is 12.9. The molecule has 240 valence electrons. The van der Waals surface area contributed by atoms with Crippen LogP contribution >= 0.6 is 0 Å². The summed E-state index contributed by atoms with van der Waals surface area (Å²) in [6, 6.07) is -0.633. The molecule has 1 aliphatic heterocycles. The number of aliphatic hydroxyl groups is 3. The topological polar surface area (TPSA) is 122 Å². The van der Waals surface area contributed by atoms with Gasteiger partial charge in [-0.25, -0.2) is 0 Å². The quantitative estimate of drug-likeness (QED) is 0.334.